The highest BCUT2D eigenvalue weighted by Crippen LogP contribution is 2.31. The predicted molar refractivity (Wildman–Crippen MR) is 82.9 cm³/mol. The Morgan fingerprint density at radius 2 is 1.95 bits per heavy atom. The third kappa shape index (κ3) is 3.71. The molecule has 5 nitrogen and oxygen atoms in total. The van der Waals surface area contributed by atoms with Crippen molar-refractivity contribution in [2.45, 2.75) is 26.3 Å². The van der Waals surface area contributed by atoms with E-state index in [0.29, 0.717) is 27.5 Å². The molecule has 0 aliphatic carbocycles. The number of hydrogen-bond acceptors (Lipinski definition) is 5. The molecule has 1 aromatic carbocycles. The summed E-state index contributed by atoms with van der Waals surface area (Å²) in [5, 5.41) is 15.1. The van der Waals surface area contributed by atoms with E-state index < -0.39 is 0 Å². The predicted octanol–water partition coefficient (Wildman–Crippen LogP) is 4.13. The van der Waals surface area contributed by atoms with E-state index in [1.54, 1.807) is 18.2 Å². The normalized spacial score (nSPS) is 12.0. The minimum atomic E-state index is 0.274. The van der Waals surface area contributed by atoms with Gasteiger partial charge in [0.25, 0.3) is 0 Å². The fourth-order valence-electron chi connectivity index (χ4n) is 1.49. The summed E-state index contributed by atoms with van der Waals surface area (Å²) in [6.45, 7) is 4.13. The second-order valence-corrected chi connectivity index (χ2v) is 5.15. The molecule has 0 saturated heterocycles. The first-order chi connectivity index (χ1) is 9.60. The summed E-state index contributed by atoms with van der Waals surface area (Å²) in [7, 11) is 0. The number of nitrogens with one attached hydrogen (secondary N) is 2. The van der Waals surface area contributed by atoms with E-state index >= 15 is 0 Å². The zero-order valence-electron chi connectivity index (χ0n) is 11.2. The number of nitrogens with zero attached hydrogens (tertiary/aromatic N) is 3. The van der Waals surface area contributed by atoms with Crippen molar-refractivity contribution in [3.05, 3.63) is 34.4 Å². The van der Waals surface area contributed by atoms with Gasteiger partial charge < -0.3 is 10.6 Å². The molecular weight excluding hydrogens is 297 g/mol. The first-order valence-corrected chi connectivity index (χ1v) is 7.03. The highest BCUT2D eigenvalue weighted by Gasteiger charge is 2.08. The fourth-order valence-corrected chi connectivity index (χ4v) is 1.98. The Balaban J connectivity index is 2.20. The molecule has 0 radical (unpaired) electrons. The maximum absolute atomic E-state index is 6.10. The molecule has 20 heavy (non-hydrogen) atoms. The van der Waals surface area contributed by atoms with Gasteiger partial charge in [-0.05, 0) is 25.5 Å². The standard InChI is InChI=1S/C13H15Cl2N5/c1-3-8(2)17-13-19-11(7-16-20-13)18-12-9(14)5-4-6-10(12)15/h4-8H,3H2,1-2H3,(H2,17,18,19,20). The van der Waals surface area contributed by atoms with E-state index in [2.05, 4.69) is 32.7 Å². The quantitative estimate of drug-likeness (QED) is 0.869. The smallest absolute Gasteiger partial charge is 0.244 e. The van der Waals surface area contributed by atoms with Crippen LogP contribution in [0.1, 0.15) is 20.3 Å². The lowest BCUT2D eigenvalue weighted by atomic mass is 10.3. The van der Waals surface area contributed by atoms with E-state index in [9.17, 15) is 0 Å². The topological polar surface area (TPSA) is 62.7 Å². The zero-order valence-corrected chi connectivity index (χ0v) is 12.7. The van der Waals surface area contributed by atoms with E-state index in [1.165, 1.54) is 6.20 Å². The molecule has 0 bridgehead atoms. The van der Waals surface area contributed by atoms with E-state index in [0.717, 1.165) is 6.42 Å². The van der Waals surface area contributed by atoms with Gasteiger partial charge in [-0.15, -0.1) is 5.10 Å². The molecule has 0 spiro atoms. The molecule has 0 fully saturated rings. The average molecular weight is 312 g/mol. The van der Waals surface area contributed by atoms with Crippen LogP contribution in [0.5, 0.6) is 0 Å². The summed E-state index contributed by atoms with van der Waals surface area (Å²) >= 11 is 12.2. The number of rotatable bonds is 5. The summed E-state index contributed by atoms with van der Waals surface area (Å²) in [4.78, 5) is 4.33. The van der Waals surface area contributed by atoms with Crippen LogP contribution in [0.4, 0.5) is 17.5 Å². The van der Waals surface area contributed by atoms with Gasteiger partial charge in [0.1, 0.15) is 0 Å². The molecule has 106 valence electrons. The third-order valence-electron chi connectivity index (χ3n) is 2.76. The molecular formula is C13H15Cl2N5. The van der Waals surface area contributed by atoms with Crippen molar-refractivity contribution in [2.24, 2.45) is 0 Å². The Hall–Kier alpha value is -1.59. The van der Waals surface area contributed by atoms with Crippen molar-refractivity contribution in [3.8, 4) is 0 Å². The second kappa shape index (κ2) is 6.72. The number of anilines is 3. The van der Waals surface area contributed by atoms with Gasteiger partial charge in [0.2, 0.25) is 5.95 Å². The largest absolute Gasteiger partial charge is 0.350 e. The molecule has 0 saturated carbocycles. The minimum absolute atomic E-state index is 0.274. The fraction of sp³-hybridized carbons (Fsp3) is 0.308. The summed E-state index contributed by atoms with van der Waals surface area (Å²) in [6, 6.07) is 5.56. The summed E-state index contributed by atoms with van der Waals surface area (Å²) in [5.74, 6) is 0.994. The number of para-hydroxylation sites is 1. The maximum atomic E-state index is 6.10. The van der Waals surface area contributed by atoms with Crippen LogP contribution >= 0.6 is 23.2 Å². The molecule has 2 aromatic rings. The Morgan fingerprint density at radius 1 is 1.25 bits per heavy atom. The average Bonchev–Trinajstić information content (AvgIpc) is 2.43. The van der Waals surface area contributed by atoms with Crippen LogP contribution in [-0.2, 0) is 0 Å². The van der Waals surface area contributed by atoms with Crippen LogP contribution in [-0.4, -0.2) is 21.2 Å². The molecule has 1 heterocycles. The molecule has 1 atom stereocenters. The Bertz CT molecular complexity index is 570. The molecule has 2 rings (SSSR count). The molecule has 1 unspecified atom stereocenters. The van der Waals surface area contributed by atoms with Gasteiger partial charge in [0.15, 0.2) is 5.82 Å². The van der Waals surface area contributed by atoms with E-state index in [1.807, 2.05) is 6.92 Å². The van der Waals surface area contributed by atoms with Crippen LogP contribution in [0.15, 0.2) is 24.4 Å². The van der Waals surface area contributed by atoms with Crippen LogP contribution in [0.3, 0.4) is 0 Å². The summed E-state index contributed by atoms with van der Waals surface area (Å²) in [6.07, 6.45) is 2.48. The van der Waals surface area contributed by atoms with Crippen molar-refractivity contribution in [2.75, 3.05) is 10.6 Å². The van der Waals surface area contributed by atoms with Crippen LogP contribution in [0, 0.1) is 0 Å². The lowest BCUT2D eigenvalue weighted by Crippen LogP contribution is -2.16. The van der Waals surface area contributed by atoms with Crippen LogP contribution in [0.2, 0.25) is 10.0 Å². The first kappa shape index (κ1) is 14.8. The van der Waals surface area contributed by atoms with E-state index in [4.69, 9.17) is 23.2 Å². The molecule has 0 amide bonds. The lowest BCUT2D eigenvalue weighted by molar-refractivity contribution is 0.746. The van der Waals surface area contributed by atoms with Crippen LogP contribution < -0.4 is 10.6 Å². The highest BCUT2D eigenvalue weighted by atomic mass is 35.5. The highest BCUT2D eigenvalue weighted by molar-refractivity contribution is 6.39. The van der Waals surface area contributed by atoms with E-state index in [-0.39, 0.29) is 6.04 Å². The molecule has 0 aliphatic rings. The van der Waals surface area contributed by atoms with Crippen LogP contribution in [0.25, 0.3) is 0 Å². The number of halogens is 2. The SMILES string of the molecule is CCC(C)Nc1nncc(Nc2c(Cl)cccc2Cl)n1. The number of aromatic nitrogens is 3. The molecule has 7 heteroatoms. The maximum Gasteiger partial charge on any atom is 0.244 e. The van der Waals surface area contributed by atoms with Crippen molar-refractivity contribution in [1.29, 1.82) is 0 Å². The van der Waals surface area contributed by atoms with Crippen molar-refractivity contribution in [3.63, 3.8) is 0 Å². The van der Waals surface area contributed by atoms with Gasteiger partial charge in [0, 0.05) is 6.04 Å². The van der Waals surface area contributed by atoms with Gasteiger partial charge in [-0.1, -0.05) is 36.2 Å². The van der Waals surface area contributed by atoms with Gasteiger partial charge in [-0.2, -0.15) is 10.1 Å². The number of hydrogen-bond donors (Lipinski definition) is 2. The van der Waals surface area contributed by atoms with Gasteiger partial charge in [-0.3, -0.25) is 0 Å². The third-order valence-corrected chi connectivity index (χ3v) is 3.39. The van der Waals surface area contributed by atoms with Gasteiger partial charge in [-0.25, -0.2) is 0 Å². The van der Waals surface area contributed by atoms with Gasteiger partial charge >= 0.3 is 0 Å². The Labute approximate surface area is 127 Å². The Morgan fingerprint density at radius 3 is 2.60 bits per heavy atom. The first-order valence-electron chi connectivity index (χ1n) is 6.27. The number of benzene rings is 1. The second-order valence-electron chi connectivity index (χ2n) is 4.34. The van der Waals surface area contributed by atoms with Crippen molar-refractivity contribution >= 4 is 40.7 Å². The van der Waals surface area contributed by atoms with Gasteiger partial charge in [0.05, 0.1) is 21.9 Å². The van der Waals surface area contributed by atoms with Crippen molar-refractivity contribution < 1.29 is 0 Å². The summed E-state index contributed by atoms with van der Waals surface area (Å²) in [5.41, 5.74) is 0.603. The lowest BCUT2D eigenvalue weighted by Gasteiger charge is -2.12. The van der Waals surface area contributed by atoms with Crippen molar-refractivity contribution in [1.82, 2.24) is 15.2 Å². The monoisotopic (exact) mass is 311 g/mol. The molecule has 2 N–H and O–H groups in total. The minimum Gasteiger partial charge on any atom is -0.350 e. The zero-order chi connectivity index (χ0) is 14.5. The molecule has 0 aliphatic heterocycles. The Kier molecular flexibility index (Phi) is 4.98. The summed E-state index contributed by atoms with van der Waals surface area (Å²) < 4.78 is 0. The molecule has 1 aromatic heterocycles.